The lowest BCUT2D eigenvalue weighted by molar-refractivity contribution is -0.425. The normalized spacial score (nSPS) is 14.4. The van der Waals surface area contributed by atoms with Gasteiger partial charge < -0.3 is 9.67 Å². The lowest BCUT2D eigenvalue weighted by Gasteiger charge is -2.06. The maximum Gasteiger partial charge on any atom is 0.370 e. The molecule has 0 unspecified atom stereocenters. The molecule has 2 N–H and O–H groups in total. The van der Waals surface area contributed by atoms with Crippen LogP contribution in [0.4, 0.5) is 5.69 Å². The molecule has 5 aromatic rings. The van der Waals surface area contributed by atoms with Crippen molar-refractivity contribution in [1.82, 2.24) is 4.57 Å². The molecule has 0 bridgehead atoms. The Morgan fingerprint density at radius 2 is 1.60 bits per heavy atom. The number of aromatic nitrogens is 1. The quantitative estimate of drug-likeness (QED) is 0.127. The Bertz CT molecular complexity index is 2180. The fourth-order valence-electron chi connectivity index (χ4n) is 5.95. The number of hydrogen-bond acceptors (Lipinski definition) is 3. The van der Waals surface area contributed by atoms with Gasteiger partial charge in [0.15, 0.2) is 0 Å². The molecule has 1 aliphatic rings. The number of hydrogen-bond donors (Lipinski definition) is 2. The highest BCUT2D eigenvalue weighted by atomic mass is 32.2. The van der Waals surface area contributed by atoms with E-state index in [1.54, 1.807) is 18.2 Å². The number of carbonyl (C=O) groups is 1. The van der Waals surface area contributed by atoms with Crippen molar-refractivity contribution in [2.45, 2.75) is 24.8 Å². The first-order chi connectivity index (χ1) is 20.3. The van der Waals surface area contributed by atoms with Crippen LogP contribution in [0.25, 0.3) is 38.5 Å². The van der Waals surface area contributed by atoms with E-state index in [1.807, 2.05) is 89.6 Å². The molecule has 42 heavy (non-hydrogen) atoms. The highest BCUT2D eigenvalue weighted by molar-refractivity contribution is 7.86. The minimum Gasteiger partial charge on any atom is -0.477 e. The van der Waals surface area contributed by atoms with Gasteiger partial charge in [-0.1, -0.05) is 79.8 Å². The van der Waals surface area contributed by atoms with Gasteiger partial charge >= 0.3 is 5.97 Å². The number of carboxylic acids is 1. The molecule has 0 fully saturated rings. The second kappa shape index (κ2) is 10.9. The number of aryl methyl sites for hydroxylation is 1. The van der Waals surface area contributed by atoms with E-state index in [2.05, 4.69) is 11.5 Å². The highest BCUT2D eigenvalue weighted by Crippen LogP contribution is 2.35. The lowest BCUT2D eigenvalue weighted by atomic mass is 10.0. The van der Waals surface area contributed by atoms with E-state index in [0.717, 1.165) is 62.3 Å². The summed E-state index contributed by atoms with van der Waals surface area (Å²) in [7, 11) is -4.36. The topological polar surface area (TPSA) is 99.6 Å². The molecular weight excluding hydrogens is 548 g/mol. The van der Waals surface area contributed by atoms with E-state index < -0.39 is 16.1 Å². The van der Waals surface area contributed by atoms with Gasteiger partial charge in [0.05, 0.1) is 10.9 Å². The zero-order valence-electron chi connectivity index (χ0n) is 22.9. The van der Waals surface area contributed by atoms with Crippen LogP contribution >= 0.6 is 0 Å². The summed E-state index contributed by atoms with van der Waals surface area (Å²) in [5.41, 5.74) is 3.67. The molecule has 8 heteroatoms. The molecular formula is C34H29N2O5S+. The molecule has 7 nitrogen and oxygen atoms in total. The number of nitrogens with zero attached hydrogens (tertiary/aromatic N) is 2. The Kier molecular flexibility index (Phi) is 7.10. The largest absolute Gasteiger partial charge is 0.477 e. The number of benzene rings is 4. The molecule has 0 atom stereocenters. The first kappa shape index (κ1) is 27.4. The molecule has 0 spiro atoms. The number of aliphatic carboxylic acids is 1. The van der Waals surface area contributed by atoms with Crippen LogP contribution < -0.4 is 5.35 Å². The average Bonchev–Trinajstić information content (AvgIpc) is 3.42. The van der Waals surface area contributed by atoms with Crippen LogP contribution in [-0.4, -0.2) is 45.4 Å². The first-order valence-corrected chi connectivity index (χ1v) is 15.1. The van der Waals surface area contributed by atoms with Crippen molar-refractivity contribution in [3.63, 3.8) is 0 Å². The van der Waals surface area contributed by atoms with E-state index in [0.29, 0.717) is 5.39 Å². The fraction of sp³-hybridized carbons (Fsp3) is 0.118. The monoisotopic (exact) mass is 577 g/mol. The van der Waals surface area contributed by atoms with E-state index >= 15 is 0 Å². The molecule has 0 aliphatic carbocycles. The highest BCUT2D eigenvalue weighted by Gasteiger charge is 2.31. The number of allylic oxidation sites excluding steroid dienone is 6. The Balaban J connectivity index is 1.33. The van der Waals surface area contributed by atoms with Crippen molar-refractivity contribution >= 4 is 66.0 Å². The minimum atomic E-state index is -4.36. The van der Waals surface area contributed by atoms with E-state index in [4.69, 9.17) is 0 Å². The van der Waals surface area contributed by atoms with Crippen molar-refractivity contribution in [3.05, 3.63) is 114 Å². The predicted octanol–water partition coefficient (Wildman–Crippen LogP) is 6.00. The zero-order chi connectivity index (χ0) is 29.4. The van der Waals surface area contributed by atoms with Crippen molar-refractivity contribution in [3.8, 4) is 0 Å². The fourth-order valence-corrected chi connectivity index (χ4v) is 6.64. The molecule has 210 valence electrons. The Hall–Kier alpha value is -4.79. The minimum absolute atomic E-state index is 0.0903. The van der Waals surface area contributed by atoms with Crippen LogP contribution in [0.1, 0.15) is 18.9 Å². The molecule has 0 radical (unpaired) electrons. The summed E-state index contributed by atoms with van der Waals surface area (Å²) >= 11 is 0. The summed E-state index contributed by atoms with van der Waals surface area (Å²) in [6, 6.07) is 20.7. The zero-order valence-corrected chi connectivity index (χ0v) is 23.8. The summed E-state index contributed by atoms with van der Waals surface area (Å²) in [4.78, 5) is 11.5. The molecule has 1 aliphatic heterocycles. The van der Waals surface area contributed by atoms with Crippen molar-refractivity contribution in [2.75, 3.05) is 6.54 Å². The summed E-state index contributed by atoms with van der Waals surface area (Å²) in [5.74, 6) is -0.895. The van der Waals surface area contributed by atoms with Crippen molar-refractivity contribution in [2.24, 2.45) is 0 Å². The number of carboxylic acid groups (broad SMARTS) is 1. The van der Waals surface area contributed by atoms with E-state index in [1.165, 1.54) is 6.07 Å². The summed E-state index contributed by atoms with van der Waals surface area (Å²) in [6.07, 6.45) is 14.4. The van der Waals surface area contributed by atoms with Crippen LogP contribution in [0.2, 0.25) is 0 Å². The summed E-state index contributed by atoms with van der Waals surface area (Å²) in [5, 5.41) is 14.9. The first-order valence-electron chi connectivity index (χ1n) is 13.7. The lowest BCUT2D eigenvalue weighted by Crippen LogP contribution is -2.19. The van der Waals surface area contributed by atoms with Crippen LogP contribution in [0, 0.1) is 0 Å². The van der Waals surface area contributed by atoms with E-state index in [-0.39, 0.29) is 11.4 Å². The molecule has 2 heterocycles. The SMILES string of the molecule is CCCn1c(=CC=CC=CC=CC2=[N+](CC(=O)O)c3cccc4cccc2c34)c2cccc3c(S(=O)(=O)O)ccc1c32. The standard InChI is InChI=1S/C34H28N2O5S/c1-2-21-35-27(25-14-10-15-26-31(42(39,40)41)20-19-30(35)34(25)26)16-6-4-3-5-7-17-28-24-13-8-11-23-12-9-18-29(33(23)24)36(28)22-32(37)38/h3-20H,2,21-22H2,1H3,(H-,37,38,39,40,41)/p+1. The third-order valence-electron chi connectivity index (χ3n) is 7.55. The third kappa shape index (κ3) is 4.74. The third-order valence-corrected chi connectivity index (χ3v) is 8.46. The molecule has 0 saturated carbocycles. The van der Waals surface area contributed by atoms with Crippen LogP contribution in [-0.2, 0) is 21.5 Å². The van der Waals surface area contributed by atoms with Gasteiger partial charge in [-0.05, 0) is 36.1 Å². The van der Waals surface area contributed by atoms with Gasteiger partial charge in [0.25, 0.3) is 10.1 Å². The van der Waals surface area contributed by atoms with Gasteiger partial charge in [0.1, 0.15) is 4.90 Å². The Labute approximate surface area is 243 Å². The van der Waals surface area contributed by atoms with Gasteiger partial charge in [-0.15, -0.1) is 0 Å². The molecule has 0 saturated heterocycles. The maximum absolute atomic E-state index is 12.0. The van der Waals surface area contributed by atoms with Crippen LogP contribution in [0.5, 0.6) is 0 Å². The van der Waals surface area contributed by atoms with Crippen molar-refractivity contribution in [1.29, 1.82) is 0 Å². The number of rotatable bonds is 9. The summed E-state index contributed by atoms with van der Waals surface area (Å²) < 4.78 is 37.8. The average molecular weight is 578 g/mol. The van der Waals surface area contributed by atoms with Gasteiger partial charge in [0.2, 0.25) is 17.9 Å². The van der Waals surface area contributed by atoms with Gasteiger partial charge in [-0.3, -0.25) is 4.55 Å². The Morgan fingerprint density at radius 3 is 2.36 bits per heavy atom. The van der Waals surface area contributed by atoms with Gasteiger partial charge in [0, 0.05) is 45.7 Å². The van der Waals surface area contributed by atoms with Gasteiger partial charge in [-0.25, -0.2) is 4.79 Å². The van der Waals surface area contributed by atoms with Crippen LogP contribution in [0.15, 0.2) is 108 Å². The van der Waals surface area contributed by atoms with Crippen molar-refractivity contribution < 1.29 is 27.4 Å². The molecule has 1 aromatic heterocycles. The summed E-state index contributed by atoms with van der Waals surface area (Å²) in [6.45, 7) is 2.72. The maximum atomic E-state index is 12.0. The molecule has 6 rings (SSSR count). The second-order valence-electron chi connectivity index (χ2n) is 10.2. The van der Waals surface area contributed by atoms with Gasteiger partial charge in [-0.2, -0.15) is 13.0 Å². The van der Waals surface area contributed by atoms with Crippen LogP contribution in [0.3, 0.4) is 0 Å². The predicted molar refractivity (Wildman–Crippen MR) is 167 cm³/mol. The molecule has 4 aromatic carbocycles. The smallest absolute Gasteiger partial charge is 0.370 e. The Morgan fingerprint density at radius 1 is 0.881 bits per heavy atom. The van der Waals surface area contributed by atoms with E-state index in [9.17, 15) is 22.9 Å². The molecule has 0 amide bonds. The second-order valence-corrected chi connectivity index (χ2v) is 11.6.